The van der Waals surface area contributed by atoms with Gasteiger partial charge >= 0.3 is 5.97 Å². The highest BCUT2D eigenvalue weighted by Crippen LogP contribution is 2.19. The van der Waals surface area contributed by atoms with Crippen molar-refractivity contribution in [1.82, 2.24) is 20.9 Å². The summed E-state index contributed by atoms with van der Waals surface area (Å²) < 4.78 is 0. The van der Waals surface area contributed by atoms with Crippen LogP contribution in [0.5, 0.6) is 0 Å². The van der Waals surface area contributed by atoms with Gasteiger partial charge in [-0.2, -0.15) is 12.6 Å². The molecule has 1 heterocycles. The Morgan fingerprint density at radius 3 is 2.19 bits per heavy atom. The molecule has 4 atom stereocenters. The van der Waals surface area contributed by atoms with Crippen molar-refractivity contribution >= 4 is 53.1 Å². The number of aliphatic carboxylic acids is 1. The number of H-pyrrole nitrogens is 1. The van der Waals surface area contributed by atoms with Crippen molar-refractivity contribution in [3.8, 4) is 0 Å². The summed E-state index contributed by atoms with van der Waals surface area (Å²) in [6, 6.07) is 2.20. The molecule has 4 unspecified atom stereocenters. The van der Waals surface area contributed by atoms with Crippen molar-refractivity contribution in [3.63, 3.8) is 0 Å². The van der Waals surface area contributed by atoms with E-state index in [0.717, 1.165) is 10.9 Å². The fourth-order valence-electron chi connectivity index (χ4n) is 3.36. The van der Waals surface area contributed by atoms with E-state index in [2.05, 4.69) is 33.6 Å². The predicted molar refractivity (Wildman–Crippen MR) is 133 cm³/mol. The van der Waals surface area contributed by atoms with Gasteiger partial charge in [-0.1, -0.05) is 18.2 Å². The lowest BCUT2D eigenvalue weighted by Crippen LogP contribution is -2.58. The number of rotatable bonds is 14. The third kappa shape index (κ3) is 7.96. The number of aliphatic hydroxyl groups excluding tert-OH is 1. The summed E-state index contributed by atoms with van der Waals surface area (Å²) in [5.41, 5.74) is 12.5. The Balaban J connectivity index is 2.22. The van der Waals surface area contributed by atoms with E-state index in [9.17, 15) is 24.0 Å². The normalized spacial score (nSPS) is 14.3. The van der Waals surface area contributed by atoms with Crippen molar-refractivity contribution < 1.29 is 34.2 Å². The minimum absolute atomic E-state index is 0.0258. The van der Waals surface area contributed by atoms with Crippen LogP contribution in [-0.2, 0) is 30.4 Å². The highest BCUT2D eigenvalue weighted by Gasteiger charge is 2.30. The molecule has 36 heavy (non-hydrogen) atoms. The number of benzene rings is 1. The zero-order valence-corrected chi connectivity index (χ0v) is 20.2. The van der Waals surface area contributed by atoms with Crippen LogP contribution in [0.3, 0.4) is 0 Å². The largest absolute Gasteiger partial charge is 0.480 e. The minimum atomic E-state index is -1.57. The first kappa shape index (κ1) is 28.6. The first-order valence-electron chi connectivity index (χ1n) is 11.0. The summed E-state index contributed by atoms with van der Waals surface area (Å²) in [4.78, 5) is 63.5. The number of carbonyl (C=O) groups excluding carboxylic acids is 4. The average molecular weight is 523 g/mol. The SMILES string of the molecule is NC(=O)CCC(N)C(=O)NC(Cc1c[nH]c2ccccc12)C(=O)NC(CS)C(=O)NC(CO)C(=O)O. The van der Waals surface area contributed by atoms with Crippen LogP contribution >= 0.6 is 12.6 Å². The molecular weight excluding hydrogens is 492 g/mol. The maximum Gasteiger partial charge on any atom is 0.328 e. The molecule has 2 rings (SSSR count). The van der Waals surface area contributed by atoms with E-state index in [1.165, 1.54) is 0 Å². The van der Waals surface area contributed by atoms with Gasteiger partial charge in [0.15, 0.2) is 0 Å². The van der Waals surface area contributed by atoms with Crippen LogP contribution in [0.4, 0.5) is 0 Å². The lowest BCUT2D eigenvalue weighted by molar-refractivity contribution is -0.143. The summed E-state index contributed by atoms with van der Waals surface area (Å²) in [5.74, 6) is -4.60. The van der Waals surface area contributed by atoms with Gasteiger partial charge in [0.2, 0.25) is 23.6 Å². The second kappa shape index (κ2) is 13.5. The summed E-state index contributed by atoms with van der Waals surface area (Å²) >= 11 is 4.05. The summed E-state index contributed by atoms with van der Waals surface area (Å²) in [6.45, 7) is -0.850. The molecule has 4 amide bonds. The number of aliphatic hydroxyl groups is 1. The number of primary amides is 1. The number of nitrogens with one attached hydrogen (secondary N) is 4. The molecule has 0 aliphatic rings. The molecule has 196 valence electrons. The smallest absolute Gasteiger partial charge is 0.328 e. The van der Waals surface area contributed by atoms with Crippen LogP contribution in [0, 0.1) is 0 Å². The zero-order chi connectivity index (χ0) is 26.8. The molecule has 0 fully saturated rings. The molecule has 1 aromatic heterocycles. The number of hydrogen-bond donors (Lipinski definition) is 9. The zero-order valence-electron chi connectivity index (χ0n) is 19.3. The van der Waals surface area contributed by atoms with Crippen LogP contribution < -0.4 is 27.4 Å². The predicted octanol–water partition coefficient (Wildman–Crippen LogP) is -2.24. The molecular formula is C22H30N6O7S. The van der Waals surface area contributed by atoms with E-state index in [1.807, 2.05) is 24.3 Å². The second-order valence-corrected chi connectivity index (χ2v) is 8.43. The number of aromatic amines is 1. The molecule has 0 spiro atoms. The van der Waals surface area contributed by atoms with Crippen LogP contribution in [0.15, 0.2) is 30.5 Å². The number of carbonyl (C=O) groups is 5. The van der Waals surface area contributed by atoms with Crippen LogP contribution in [-0.4, -0.2) is 81.3 Å². The minimum Gasteiger partial charge on any atom is -0.480 e. The monoisotopic (exact) mass is 522 g/mol. The number of nitrogens with two attached hydrogens (primary N) is 2. The van der Waals surface area contributed by atoms with Gasteiger partial charge in [-0.05, 0) is 18.1 Å². The maximum atomic E-state index is 13.2. The number of aromatic nitrogens is 1. The van der Waals surface area contributed by atoms with E-state index in [1.54, 1.807) is 6.20 Å². The third-order valence-corrected chi connectivity index (χ3v) is 5.75. The van der Waals surface area contributed by atoms with Gasteiger partial charge in [0, 0.05) is 35.7 Å². The summed E-state index contributed by atoms with van der Waals surface area (Å²) in [5, 5.41) is 26.1. The van der Waals surface area contributed by atoms with E-state index >= 15 is 0 Å². The number of carboxylic acid groups (broad SMARTS) is 1. The Hall–Kier alpha value is -3.62. The number of thiol groups is 1. The van der Waals surface area contributed by atoms with Gasteiger partial charge < -0.3 is 42.6 Å². The van der Waals surface area contributed by atoms with Gasteiger partial charge in [-0.15, -0.1) is 0 Å². The molecule has 0 radical (unpaired) electrons. The van der Waals surface area contributed by atoms with E-state index < -0.39 is 60.4 Å². The molecule has 0 saturated heterocycles. The summed E-state index contributed by atoms with van der Waals surface area (Å²) in [7, 11) is 0. The van der Waals surface area contributed by atoms with E-state index in [4.69, 9.17) is 21.7 Å². The third-order valence-electron chi connectivity index (χ3n) is 5.38. The van der Waals surface area contributed by atoms with Gasteiger partial charge in [0.1, 0.15) is 18.1 Å². The van der Waals surface area contributed by atoms with E-state index in [-0.39, 0.29) is 25.0 Å². The quantitative estimate of drug-likeness (QED) is 0.123. The molecule has 1 aromatic carbocycles. The highest BCUT2D eigenvalue weighted by molar-refractivity contribution is 7.80. The summed E-state index contributed by atoms with van der Waals surface area (Å²) in [6.07, 6.45) is 1.57. The van der Waals surface area contributed by atoms with Crippen molar-refractivity contribution in [2.24, 2.45) is 11.5 Å². The van der Waals surface area contributed by atoms with Crippen LogP contribution in [0.25, 0.3) is 10.9 Å². The number of carboxylic acids is 1. The van der Waals surface area contributed by atoms with Crippen LogP contribution in [0.1, 0.15) is 18.4 Å². The molecule has 13 nitrogen and oxygen atoms in total. The van der Waals surface area contributed by atoms with Gasteiger partial charge in [-0.3, -0.25) is 19.2 Å². The lowest BCUT2D eigenvalue weighted by atomic mass is 10.0. The fourth-order valence-corrected chi connectivity index (χ4v) is 3.62. The Kier molecular flexibility index (Phi) is 10.7. The molecule has 10 N–H and O–H groups in total. The Morgan fingerprint density at radius 2 is 1.58 bits per heavy atom. The standard InChI is InChI=1S/C22H30N6O7S/c23-13(5-6-18(24)30)19(31)26-15(7-11-8-25-14-4-2-1-3-12(11)14)20(32)28-17(10-36)21(33)27-16(9-29)22(34)35/h1-4,8,13,15-17,25,29,36H,5-7,9-10,23H2,(H2,24,30)(H,26,31)(H,27,33)(H,28,32)(H,34,35). The fraction of sp³-hybridized carbons (Fsp3) is 0.409. The molecule has 2 aromatic rings. The van der Waals surface area contributed by atoms with Gasteiger partial charge in [-0.25, -0.2) is 4.79 Å². The van der Waals surface area contributed by atoms with Crippen molar-refractivity contribution in [3.05, 3.63) is 36.0 Å². The van der Waals surface area contributed by atoms with Crippen molar-refractivity contribution in [2.45, 2.75) is 43.4 Å². The molecule has 0 aliphatic heterocycles. The number of para-hydroxylation sites is 1. The van der Waals surface area contributed by atoms with Crippen molar-refractivity contribution in [2.75, 3.05) is 12.4 Å². The molecule has 0 bridgehead atoms. The van der Waals surface area contributed by atoms with E-state index in [0.29, 0.717) is 5.56 Å². The Morgan fingerprint density at radius 1 is 0.972 bits per heavy atom. The highest BCUT2D eigenvalue weighted by atomic mass is 32.1. The van der Waals surface area contributed by atoms with Gasteiger partial charge in [0.05, 0.1) is 12.6 Å². The van der Waals surface area contributed by atoms with Crippen LogP contribution in [0.2, 0.25) is 0 Å². The molecule has 0 aliphatic carbocycles. The lowest BCUT2D eigenvalue weighted by Gasteiger charge is -2.24. The first-order chi connectivity index (χ1) is 17.1. The van der Waals surface area contributed by atoms with Crippen molar-refractivity contribution in [1.29, 1.82) is 0 Å². The number of fused-ring (bicyclic) bond motifs is 1. The molecule has 0 saturated carbocycles. The van der Waals surface area contributed by atoms with Gasteiger partial charge in [0.25, 0.3) is 0 Å². The topological polar surface area (TPSA) is 230 Å². The maximum absolute atomic E-state index is 13.2. The average Bonchev–Trinajstić information content (AvgIpc) is 3.25. The first-order valence-corrected chi connectivity index (χ1v) is 11.6. The number of hydrogen-bond acceptors (Lipinski definition) is 8. The second-order valence-electron chi connectivity index (χ2n) is 8.06. The number of amides is 4. The Labute approximate surface area is 211 Å². The molecule has 14 heteroatoms. The Bertz CT molecular complexity index is 1110.